The van der Waals surface area contributed by atoms with Gasteiger partial charge in [0.1, 0.15) is 6.04 Å². The standard InChI is InChI=1S/C23H26F3NO3/c1-22(2,3)17-10-8-15(9-11-17)13-19(21(29)30-4)27-20(28)14-16-6-5-7-18(12-16)23(24,25)26/h5-12,19H,13-14H2,1-4H3,(H,27,28)/t19-/m0/s1. The molecule has 0 heterocycles. The van der Waals surface area contributed by atoms with E-state index >= 15 is 0 Å². The molecule has 0 saturated carbocycles. The van der Waals surface area contributed by atoms with Crippen LogP contribution in [-0.4, -0.2) is 25.0 Å². The van der Waals surface area contributed by atoms with Gasteiger partial charge in [0.05, 0.1) is 19.1 Å². The minimum atomic E-state index is -4.49. The Morgan fingerprint density at radius 1 is 0.967 bits per heavy atom. The van der Waals surface area contributed by atoms with Crippen LogP contribution < -0.4 is 5.32 Å². The molecule has 0 aliphatic carbocycles. The summed E-state index contributed by atoms with van der Waals surface area (Å²) in [5.74, 6) is -1.18. The number of carbonyl (C=O) groups excluding carboxylic acids is 2. The third-order valence-electron chi connectivity index (χ3n) is 4.70. The van der Waals surface area contributed by atoms with Gasteiger partial charge < -0.3 is 10.1 Å². The van der Waals surface area contributed by atoms with E-state index in [-0.39, 0.29) is 23.8 Å². The Hall–Kier alpha value is -2.83. The molecule has 0 spiro atoms. The minimum absolute atomic E-state index is 0.0144. The smallest absolute Gasteiger partial charge is 0.416 e. The van der Waals surface area contributed by atoms with Crippen LogP contribution in [0, 0.1) is 0 Å². The molecule has 162 valence electrons. The quantitative estimate of drug-likeness (QED) is 0.702. The van der Waals surface area contributed by atoms with Gasteiger partial charge in [-0.25, -0.2) is 4.79 Å². The first kappa shape index (κ1) is 23.4. The number of hydrogen-bond donors (Lipinski definition) is 1. The van der Waals surface area contributed by atoms with Crippen molar-refractivity contribution < 1.29 is 27.5 Å². The Labute approximate surface area is 174 Å². The van der Waals surface area contributed by atoms with E-state index in [4.69, 9.17) is 4.74 Å². The van der Waals surface area contributed by atoms with E-state index in [0.29, 0.717) is 0 Å². The van der Waals surface area contributed by atoms with Crippen molar-refractivity contribution in [2.45, 2.75) is 51.2 Å². The third-order valence-corrected chi connectivity index (χ3v) is 4.70. The van der Waals surface area contributed by atoms with Crippen LogP contribution in [0.2, 0.25) is 0 Å². The number of alkyl halides is 3. The highest BCUT2D eigenvalue weighted by molar-refractivity contribution is 5.85. The van der Waals surface area contributed by atoms with Gasteiger partial charge in [-0.05, 0) is 28.2 Å². The number of amides is 1. The Bertz CT molecular complexity index is 884. The van der Waals surface area contributed by atoms with Crippen LogP contribution in [0.15, 0.2) is 48.5 Å². The highest BCUT2D eigenvalue weighted by Gasteiger charge is 2.30. The fourth-order valence-electron chi connectivity index (χ4n) is 3.00. The number of carbonyl (C=O) groups is 2. The van der Waals surface area contributed by atoms with Gasteiger partial charge in [0.2, 0.25) is 5.91 Å². The van der Waals surface area contributed by atoms with Gasteiger partial charge in [-0.2, -0.15) is 13.2 Å². The van der Waals surface area contributed by atoms with Crippen molar-refractivity contribution in [2.24, 2.45) is 0 Å². The minimum Gasteiger partial charge on any atom is -0.467 e. The molecule has 2 aromatic rings. The molecule has 0 fully saturated rings. The zero-order valence-corrected chi connectivity index (χ0v) is 17.5. The van der Waals surface area contributed by atoms with Gasteiger partial charge in [-0.3, -0.25) is 4.79 Å². The normalized spacial score (nSPS) is 12.9. The Morgan fingerprint density at radius 2 is 1.60 bits per heavy atom. The maximum atomic E-state index is 12.8. The molecule has 0 radical (unpaired) electrons. The van der Waals surface area contributed by atoms with Gasteiger partial charge in [0.15, 0.2) is 0 Å². The number of ether oxygens (including phenoxy) is 1. The molecule has 1 N–H and O–H groups in total. The van der Waals surface area contributed by atoms with E-state index < -0.39 is 29.7 Å². The van der Waals surface area contributed by atoms with Gasteiger partial charge in [-0.15, -0.1) is 0 Å². The van der Waals surface area contributed by atoms with Crippen molar-refractivity contribution >= 4 is 11.9 Å². The predicted molar refractivity (Wildman–Crippen MR) is 108 cm³/mol. The molecule has 0 aromatic heterocycles. The molecule has 0 aliphatic heterocycles. The molecule has 7 heteroatoms. The maximum absolute atomic E-state index is 12.8. The lowest BCUT2D eigenvalue weighted by Crippen LogP contribution is -2.43. The average molecular weight is 421 g/mol. The lowest BCUT2D eigenvalue weighted by Gasteiger charge is -2.20. The molecule has 2 rings (SSSR count). The van der Waals surface area contributed by atoms with Crippen LogP contribution in [-0.2, 0) is 38.8 Å². The lowest BCUT2D eigenvalue weighted by atomic mass is 9.86. The number of rotatable bonds is 6. The summed E-state index contributed by atoms with van der Waals surface area (Å²) in [6.07, 6.45) is -4.55. The summed E-state index contributed by atoms with van der Waals surface area (Å²) in [7, 11) is 1.22. The molecule has 2 aromatic carbocycles. The van der Waals surface area contributed by atoms with E-state index in [1.807, 2.05) is 24.3 Å². The van der Waals surface area contributed by atoms with E-state index in [1.165, 1.54) is 19.2 Å². The highest BCUT2D eigenvalue weighted by Crippen LogP contribution is 2.29. The zero-order chi connectivity index (χ0) is 22.5. The van der Waals surface area contributed by atoms with Crippen molar-refractivity contribution in [3.8, 4) is 0 Å². The van der Waals surface area contributed by atoms with E-state index in [1.54, 1.807) is 0 Å². The van der Waals surface area contributed by atoms with Crippen LogP contribution in [0.1, 0.15) is 43.0 Å². The van der Waals surface area contributed by atoms with Crippen LogP contribution >= 0.6 is 0 Å². The van der Waals surface area contributed by atoms with Gasteiger partial charge in [0, 0.05) is 6.42 Å². The van der Waals surface area contributed by atoms with E-state index in [0.717, 1.165) is 23.3 Å². The molecular formula is C23H26F3NO3. The lowest BCUT2D eigenvalue weighted by molar-refractivity contribution is -0.145. The average Bonchev–Trinajstić information content (AvgIpc) is 2.66. The fraction of sp³-hybridized carbons (Fsp3) is 0.391. The largest absolute Gasteiger partial charge is 0.467 e. The van der Waals surface area contributed by atoms with Crippen LogP contribution in [0.3, 0.4) is 0 Å². The molecule has 4 nitrogen and oxygen atoms in total. The van der Waals surface area contributed by atoms with Gasteiger partial charge >= 0.3 is 12.1 Å². The molecule has 0 bridgehead atoms. The molecule has 0 unspecified atom stereocenters. The second kappa shape index (κ2) is 9.32. The van der Waals surface area contributed by atoms with Gasteiger partial charge in [-0.1, -0.05) is 63.2 Å². The Kier molecular flexibility index (Phi) is 7.29. The van der Waals surface area contributed by atoms with Crippen molar-refractivity contribution in [3.05, 3.63) is 70.8 Å². The first-order chi connectivity index (χ1) is 13.9. The highest BCUT2D eigenvalue weighted by atomic mass is 19.4. The molecule has 0 saturated heterocycles. The summed E-state index contributed by atoms with van der Waals surface area (Å²) in [6, 6.07) is 11.3. The number of hydrogen-bond acceptors (Lipinski definition) is 3. The topological polar surface area (TPSA) is 55.4 Å². The van der Waals surface area contributed by atoms with Crippen LogP contribution in [0.4, 0.5) is 13.2 Å². The molecule has 1 amide bonds. The van der Waals surface area contributed by atoms with E-state index in [9.17, 15) is 22.8 Å². The summed E-state index contributed by atoms with van der Waals surface area (Å²) in [5, 5.41) is 2.57. The van der Waals surface area contributed by atoms with Crippen LogP contribution in [0.5, 0.6) is 0 Å². The number of halogens is 3. The van der Waals surface area contributed by atoms with Crippen LogP contribution in [0.25, 0.3) is 0 Å². The summed E-state index contributed by atoms with van der Waals surface area (Å²) in [4.78, 5) is 24.5. The zero-order valence-electron chi connectivity index (χ0n) is 17.5. The molecule has 1 atom stereocenters. The SMILES string of the molecule is COC(=O)[C@H](Cc1ccc(C(C)(C)C)cc1)NC(=O)Cc1cccc(C(F)(F)F)c1. The fourth-order valence-corrected chi connectivity index (χ4v) is 3.00. The number of nitrogens with one attached hydrogen (secondary N) is 1. The summed E-state index contributed by atoms with van der Waals surface area (Å²) in [6.45, 7) is 6.27. The molecule has 0 aliphatic rings. The monoisotopic (exact) mass is 421 g/mol. The second-order valence-corrected chi connectivity index (χ2v) is 8.17. The first-order valence-corrected chi connectivity index (χ1v) is 9.53. The molecular weight excluding hydrogens is 395 g/mol. The third kappa shape index (κ3) is 6.61. The van der Waals surface area contributed by atoms with Crippen molar-refractivity contribution in [1.29, 1.82) is 0 Å². The molecule has 30 heavy (non-hydrogen) atoms. The van der Waals surface area contributed by atoms with Gasteiger partial charge in [0.25, 0.3) is 0 Å². The van der Waals surface area contributed by atoms with Crippen molar-refractivity contribution in [2.75, 3.05) is 7.11 Å². The predicted octanol–water partition coefficient (Wildman–Crippen LogP) is 4.45. The van der Waals surface area contributed by atoms with E-state index in [2.05, 4.69) is 26.1 Å². The maximum Gasteiger partial charge on any atom is 0.416 e. The van der Waals surface area contributed by atoms with Crippen molar-refractivity contribution in [1.82, 2.24) is 5.32 Å². The Balaban J connectivity index is 2.09. The van der Waals surface area contributed by atoms with Crippen molar-refractivity contribution in [3.63, 3.8) is 0 Å². The summed E-state index contributed by atoms with van der Waals surface area (Å²) >= 11 is 0. The number of methoxy groups -OCH3 is 1. The number of benzene rings is 2. The summed E-state index contributed by atoms with van der Waals surface area (Å²) in [5.41, 5.74) is 1.34. The Morgan fingerprint density at radius 3 is 2.13 bits per heavy atom. The summed E-state index contributed by atoms with van der Waals surface area (Å²) < 4.78 is 43.3. The first-order valence-electron chi connectivity index (χ1n) is 9.53. The second-order valence-electron chi connectivity index (χ2n) is 8.17. The number of esters is 1.